The minimum atomic E-state index is -4.56. The zero-order chi connectivity index (χ0) is 22.3. The highest BCUT2D eigenvalue weighted by atomic mass is 79.9. The van der Waals surface area contributed by atoms with Gasteiger partial charge in [0.05, 0.1) is 24.0 Å². The molecule has 1 unspecified atom stereocenters. The van der Waals surface area contributed by atoms with Crippen LogP contribution in [0.15, 0.2) is 46.9 Å². The van der Waals surface area contributed by atoms with Gasteiger partial charge in [0.15, 0.2) is 0 Å². The molecular formula is C21H22BrF3N2O3. The van der Waals surface area contributed by atoms with E-state index >= 15 is 0 Å². The van der Waals surface area contributed by atoms with Crippen LogP contribution >= 0.6 is 15.9 Å². The van der Waals surface area contributed by atoms with E-state index < -0.39 is 29.5 Å². The molecule has 0 spiro atoms. The zero-order valence-corrected chi connectivity index (χ0v) is 18.1. The molecule has 0 bridgehead atoms. The fourth-order valence-electron chi connectivity index (χ4n) is 2.89. The third-order valence-electron chi connectivity index (χ3n) is 4.43. The van der Waals surface area contributed by atoms with Crippen LogP contribution in [0.3, 0.4) is 0 Å². The minimum Gasteiger partial charge on any atom is -0.468 e. The summed E-state index contributed by atoms with van der Waals surface area (Å²) in [4.78, 5) is 25.0. The largest absolute Gasteiger partial charge is 0.468 e. The molecular weight excluding hydrogens is 465 g/mol. The molecule has 0 aliphatic heterocycles. The Balaban J connectivity index is 2.26. The molecule has 0 fully saturated rings. The van der Waals surface area contributed by atoms with Gasteiger partial charge in [-0.05, 0) is 49.6 Å². The predicted molar refractivity (Wildman–Crippen MR) is 112 cm³/mol. The number of aryl methyl sites for hydroxylation is 1. The number of amides is 1. The van der Waals surface area contributed by atoms with Crippen molar-refractivity contribution in [2.45, 2.75) is 25.9 Å². The van der Waals surface area contributed by atoms with Crippen molar-refractivity contribution in [3.05, 3.63) is 58.1 Å². The maximum Gasteiger partial charge on any atom is 0.416 e. The van der Waals surface area contributed by atoms with Gasteiger partial charge in [-0.2, -0.15) is 13.2 Å². The number of carbonyl (C=O) groups excluding carboxylic acids is 2. The lowest BCUT2D eigenvalue weighted by atomic mass is 9.98. The Bertz CT molecular complexity index is 903. The number of halogens is 4. The SMILES string of the molecule is CCNc1ccc(C(F)(F)F)cc1NC(=O)C(CCc1ccccc1Br)C(=O)OC. The lowest BCUT2D eigenvalue weighted by molar-refractivity contribution is -0.149. The molecule has 5 nitrogen and oxygen atoms in total. The van der Waals surface area contributed by atoms with Crippen LogP contribution in [0.1, 0.15) is 24.5 Å². The van der Waals surface area contributed by atoms with E-state index in [2.05, 4.69) is 26.6 Å². The van der Waals surface area contributed by atoms with E-state index in [0.29, 0.717) is 18.7 Å². The lowest BCUT2D eigenvalue weighted by Crippen LogP contribution is -2.31. The minimum absolute atomic E-state index is 0.0496. The average Bonchev–Trinajstić information content (AvgIpc) is 2.69. The predicted octanol–water partition coefficient (Wildman–Crippen LogP) is 5.26. The quantitative estimate of drug-likeness (QED) is 0.394. The Morgan fingerprint density at radius 1 is 1.13 bits per heavy atom. The molecule has 0 saturated heterocycles. The number of benzene rings is 2. The molecule has 0 aliphatic carbocycles. The molecule has 162 valence electrons. The van der Waals surface area contributed by atoms with Crippen LogP contribution in [-0.2, 0) is 26.9 Å². The summed E-state index contributed by atoms with van der Waals surface area (Å²) in [6.07, 6.45) is -4.03. The van der Waals surface area contributed by atoms with E-state index in [1.807, 2.05) is 24.3 Å². The Labute approximate surface area is 181 Å². The smallest absolute Gasteiger partial charge is 0.416 e. The molecule has 30 heavy (non-hydrogen) atoms. The molecule has 2 aromatic carbocycles. The van der Waals surface area contributed by atoms with Gasteiger partial charge in [-0.25, -0.2) is 0 Å². The van der Waals surface area contributed by atoms with Crippen molar-refractivity contribution in [3.63, 3.8) is 0 Å². The van der Waals surface area contributed by atoms with Crippen molar-refractivity contribution in [3.8, 4) is 0 Å². The van der Waals surface area contributed by atoms with Crippen molar-refractivity contribution in [2.24, 2.45) is 5.92 Å². The summed E-state index contributed by atoms with van der Waals surface area (Å²) in [6.45, 7) is 2.22. The maximum absolute atomic E-state index is 13.1. The fraction of sp³-hybridized carbons (Fsp3) is 0.333. The van der Waals surface area contributed by atoms with Crippen molar-refractivity contribution >= 4 is 39.2 Å². The van der Waals surface area contributed by atoms with E-state index in [-0.39, 0.29) is 12.1 Å². The van der Waals surface area contributed by atoms with Crippen LogP contribution in [0.4, 0.5) is 24.5 Å². The number of hydrogen-bond acceptors (Lipinski definition) is 4. The Kier molecular flexibility index (Phi) is 8.28. The summed E-state index contributed by atoms with van der Waals surface area (Å²) in [5.41, 5.74) is 0.272. The number of methoxy groups -OCH3 is 1. The normalized spacial score (nSPS) is 12.2. The highest BCUT2D eigenvalue weighted by molar-refractivity contribution is 9.10. The van der Waals surface area contributed by atoms with Gasteiger partial charge >= 0.3 is 12.1 Å². The van der Waals surface area contributed by atoms with Gasteiger partial charge in [0.1, 0.15) is 5.92 Å². The second-order valence-electron chi connectivity index (χ2n) is 6.48. The number of nitrogens with one attached hydrogen (secondary N) is 2. The molecule has 0 aromatic heterocycles. The lowest BCUT2D eigenvalue weighted by Gasteiger charge is -2.18. The van der Waals surface area contributed by atoms with Gasteiger partial charge in [0.25, 0.3) is 0 Å². The van der Waals surface area contributed by atoms with Gasteiger partial charge in [-0.1, -0.05) is 34.1 Å². The number of alkyl halides is 3. The Morgan fingerprint density at radius 3 is 2.43 bits per heavy atom. The number of hydrogen-bond donors (Lipinski definition) is 2. The van der Waals surface area contributed by atoms with E-state index in [9.17, 15) is 22.8 Å². The second-order valence-corrected chi connectivity index (χ2v) is 7.34. The van der Waals surface area contributed by atoms with E-state index in [1.165, 1.54) is 6.07 Å². The molecule has 0 aliphatic rings. The third-order valence-corrected chi connectivity index (χ3v) is 5.21. The average molecular weight is 487 g/mol. The van der Waals surface area contributed by atoms with Crippen molar-refractivity contribution in [1.29, 1.82) is 0 Å². The highest BCUT2D eigenvalue weighted by Gasteiger charge is 2.32. The summed E-state index contributed by atoms with van der Waals surface area (Å²) >= 11 is 3.41. The van der Waals surface area contributed by atoms with Crippen molar-refractivity contribution in [2.75, 3.05) is 24.3 Å². The number of carbonyl (C=O) groups is 2. The fourth-order valence-corrected chi connectivity index (χ4v) is 3.37. The Morgan fingerprint density at radius 2 is 1.83 bits per heavy atom. The number of anilines is 2. The van der Waals surface area contributed by atoms with Gasteiger partial charge in [-0.15, -0.1) is 0 Å². The van der Waals surface area contributed by atoms with Crippen LogP contribution < -0.4 is 10.6 Å². The first-order chi connectivity index (χ1) is 14.2. The molecule has 1 amide bonds. The first-order valence-electron chi connectivity index (χ1n) is 9.24. The maximum atomic E-state index is 13.1. The molecule has 2 rings (SSSR count). The van der Waals surface area contributed by atoms with Gasteiger partial charge < -0.3 is 15.4 Å². The van der Waals surface area contributed by atoms with E-state index in [0.717, 1.165) is 29.3 Å². The summed E-state index contributed by atoms with van der Waals surface area (Å²) in [5.74, 6) is -2.66. The first kappa shape index (κ1) is 23.7. The summed E-state index contributed by atoms with van der Waals surface area (Å²) in [7, 11) is 1.16. The summed E-state index contributed by atoms with van der Waals surface area (Å²) in [5, 5.41) is 5.36. The molecule has 0 radical (unpaired) electrons. The zero-order valence-electron chi connectivity index (χ0n) is 16.5. The molecule has 0 saturated carbocycles. The molecule has 2 N–H and O–H groups in total. The number of ether oxygens (including phenoxy) is 1. The van der Waals surface area contributed by atoms with Crippen LogP contribution in [-0.4, -0.2) is 25.5 Å². The monoisotopic (exact) mass is 486 g/mol. The standard InChI is InChI=1S/C21H22BrF3N2O3/c1-3-26-17-11-9-14(21(23,24)25)12-18(17)27-19(28)15(20(29)30-2)10-8-13-6-4-5-7-16(13)22/h4-7,9,11-12,15,26H,3,8,10H2,1-2H3,(H,27,28). The third kappa shape index (κ3) is 6.22. The van der Waals surface area contributed by atoms with Crippen LogP contribution in [0, 0.1) is 5.92 Å². The number of rotatable bonds is 8. The number of esters is 1. The van der Waals surface area contributed by atoms with Gasteiger partial charge in [0.2, 0.25) is 5.91 Å². The van der Waals surface area contributed by atoms with E-state index in [1.54, 1.807) is 6.92 Å². The Hall–Kier alpha value is -2.55. The van der Waals surface area contributed by atoms with E-state index in [4.69, 9.17) is 4.74 Å². The molecule has 0 heterocycles. The second kappa shape index (κ2) is 10.5. The molecule has 9 heteroatoms. The topological polar surface area (TPSA) is 67.4 Å². The van der Waals surface area contributed by atoms with Crippen LogP contribution in [0.5, 0.6) is 0 Å². The van der Waals surface area contributed by atoms with Crippen molar-refractivity contribution in [1.82, 2.24) is 0 Å². The molecule has 2 aromatic rings. The first-order valence-corrected chi connectivity index (χ1v) is 10.0. The van der Waals surface area contributed by atoms with Crippen LogP contribution in [0.2, 0.25) is 0 Å². The molecule has 1 atom stereocenters. The summed E-state index contributed by atoms with van der Waals surface area (Å²) in [6, 6.07) is 10.4. The van der Waals surface area contributed by atoms with Crippen LogP contribution in [0.25, 0.3) is 0 Å². The highest BCUT2D eigenvalue weighted by Crippen LogP contribution is 2.34. The van der Waals surface area contributed by atoms with Gasteiger partial charge in [-0.3, -0.25) is 9.59 Å². The summed E-state index contributed by atoms with van der Waals surface area (Å²) < 4.78 is 44.9. The van der Waals surface area contributed by atoms with Gasteiger partial charge in [0, 0.05) is 11.0 Å². The van der Waals surface area contributed by atoms with Crippen molar-refractivity contribution < 1.29 is 27.5 Å².